The fourth-order valence-electron chi connectivity index (χ4n) is 3.93. The van der Waals surface area contributed by atoms with Crippen LogP contribution in [0.3, 0.4) is 0 Å². The van der Waals surface area contributed by atoms with Crippen LogP contribution < -0.4 is 0 Å². The quantitative estimate of drug-likeness (QED) is 0.332. The maximum absolute atomic E-state index is 5.71. The maximum Gasteiger partial charge on any atom is 0.144 e. The lowest BCUT2D eigenvalue weighted by molar-refractivity contribution is 0.596. The second-order valence-corrected chi connectivity index (χ2v) is 8.45. The zero-order valence-electron chi connectivity index (χ0n) is 16.8. The Hall–Kier alpha value is -3.46. The van der Waals surface area contributed by atoms with Gasteiger partial charge in [-0.1, -0.05) is 45.0 Å². The first-order valence-electron chi connectivity index (χ1n) is 9.82. The molecule has 3 aromatic heterocycles. The van der Waals surface area contributed by atoms with Crippen LogP contribution in [-0.2, 0) is 5.41 Å². The van der Waals surface area contributed by atoms with E-state index in [4.69, 9.17) is 4.42 Å². The lowest BCUT2D eigenvalue weighted by atomic mass is 9.82. The van der Waals surface area contributed by atoms with Crippen molar-refractivity contribution in [3.8, 4) is 22.4 Å². The van der Waals surface area contributed by atoms with Crippen LogP contribution in [0.1, 0.15) is 26.3 Å². The highest BCUT2D eigenvalue weighted by molar-refractivity contribution is 5.93. The third-order valence-electron chi connectivity index (χ3n) is 5.39. The molecule has 0 saturated carbocycles. The number of hydrogen-bond acceptors (Lipinski definition) is 3. The molecule has 0 fully saturated rings. The van der Waals surface area contributed by atoms with Gasteiger partial charge in [-0.05, 0) is 57.6 Å². The summed E-state index contributed by atoms with van der Waals surface area (Å²) in [5, 5.41) is 3.53. The van der Waals surface area contributed by atoms with Gasteiger partial charge >= 0.3 is 0 Å². The topological polar surface area (TPSA) is 38.9 Å². The van der Waals surface area contributed by atoms with E-state index >= 15 is 0 Å². The molecule has 5 aromatic rings. The summed E-state index contributed by atoms with van der Waals surface area (Å²) in [7, 11) is 0. The number of aromatic nitrogens is 2. The van der Waals surface area contributed by atoms with Gasteiger partial charge in [0, 0.05) is 35.1 Å². The summed E-state index contributed by atoms with van der Waals surface area (Å²) in [4.78, 5) is 9.05. The van der Waals surface area contributed by atoms with Crippen molar-refractivity contribution in [1.29, 1.82) is 0 Å². The summed E-state index contributed by atoms with van der Waals surface area (Å²) in [5.74, 6) is 0. The van der Waals surface area contributed by atoms with Crippen molar-refractivity contribution >= 4 is 21.7 Å². The Labute approximate surface area is 170 Å². The summed E-state index contributed by atoms with van der Waals surface area (Å²) < 4.78 is 5.71. The minimum atomic E-state index is 0.0386. The van der Waals surface area contributed by atoms with Gasteiger partial charge in [-0.3, -0.25) is 9.97 Å². The molecule has 0 aliphatic rings. The number of pyridine rings is 2. The van der Waals surface area contributed by atoms with Crippen LogP contribution in [0.5, 0.6) is 0 Å². The minimum Gasteiger partial charge on any atom is -0.464 e. The minimum absolute atomic E-state index is 0.0386. The second-order valence-electron chi connectivity index (χ2n) is 8.45. The molecule has 0 bridgehead atoms. The van der Waals surface area contributed by atoms with Gasteiger partial charge in [0.25, 0.3) is 0 Å². The Morgan fingerprint density at radius 2 is 1.69 bits per heavy atom. The predicted molar refractivity (Wildman–Crippen MR) is 119 cm³/mol. The van der Waals surface area contributed by atoms with Crippen molar-refractivity contribution in [3.05, 3.63) is 85.0 Å². The van der Waals surface area contributed by atoms with Crippen LogP contribution in [0, 0.1) is 0 Å². The Bertz CT molecular complexity index is 1340. The highest BCUT2D eigenvalue weighted by Gasteiger charge is 2.19. The molecule has 0 aliphatic heterocycles. The molecule has 2 aromatic carbocycles. The van der Waals surface area contributed by atoms with Crippen LogP contribution in [0.15, 0.2) is 83.9 Å². The highest BCUT2D eigenvalue weighted by atomic mass is 16.3. The standard InChI is InChI=1S/C26H22N2O/c1-26(2,3)23-13-20(12-17-6-4-5-7-21(17)23)24-14-18(8-10-28-24)22-16-27-15-19-9-11-29-25(19)22/h4-16H,1-3H3. The summed E-state index contributed by atoms with van der Waals surface area (Å²) in [5.41, 5.74) is 6.31. The van der Waals surface area contributed by atoms with Gasteiger partial charge in [0.2, 0.25) is 0 Å². The fourth-order valence-corrected chi connectivity index (χ4v) is 3.93. The molecule has 0 N–H and O–H groups in total. The first-order valence-corrected chi connectivity index (χ1v) is 9.82. The molecule has 29 heavy (non-hydrogen) atoms. The van der Waals surface area contributed by atoms with Crippen LogP contribution in [-0.4, -0.2) is 9.97 Å². The van der Waals surface area contributed by atoms with Crippen LogP contribution in [0.25, 0.3) is 44.1 Å². The largest absolute Gasteiger partial charge is 0.464 e. The highest BCUT2D eigenvalue weighted by Crippen LogP contribution is 2.36. The lowest BCUT2D eigenvalue weighted by Crippen LogP contribution is -2.12. The van der Waals surface area contributed by atoms with E-state index in [2.05, 4.69) is 73.2 Å². The summed E-state index contributed by atoms with van der Waals surface area (Å²) >= 11 is 0. The normalized spacial score (nSPS) is 12.0. The molecular weight excluding hydrogens is 356 g/mol. The first kappa shape index (κ1) is 17.6. The van der Waals surface area contributed by atoms with Crippen molar-refractivity contribution in [3.63, 3.8) is 0 Å². The van der Waals surface area contributed by atoms with E-state index in [0.717, 1.165) is 33.4 Å². The molecule has 0 amide bonds. The number of benzene rings is 2. The van der Waals surface area contributed by atoms with E-state index in [9.17, 15) is 0 Å². The van der Waals surface area contributed by atoms with E-state index in [1.54, 1.807) is 6.26 Å². The Balaban J connectivity index is 1.70. The zero-order valence-corrected chi connectivity index (χ0v) is 16.8. The molecule has 0 saturated heterocycles. The van der Waals surface area contributed by atoms with Gasteiger partial charge in [-0.15, -0.1) is 0 Å². The van der Waals surface area contributed by atoms with Crippen molar-refractivity contribution in [2.24, 2.45) is 0 Å². The van der Waals surface area contributed by atoms with Crippen molar-refractivity contribution < 1.29 is 4.42 Å². The molecule has 5 rings (SSSR count). The predicted octanol–water partition coefficient (Wildman–Crippen LogP) is 7.01. The number of rotatable bonds is 2. The maximum atomic E-state index is 5.71. The summed E-state index contributed by atoms with van der Waals surface area (Å²) in [6.45, 7) is 6.77. The molecule has 0 unspecified atom stereocenters. The van der Waals surface area contributed by atoms with Gasteiger partial charge in [0.15, 0.2) is 0 Å². The number of furan rings is 1. The van der Waals surface area contributed by atoms with E-state index in [-0.39, 0.29) is 5.41 Å². The molecule has 142 valence electrons. The molecule has 0 aliphatic carbocycles. The van der Waals surface area contributed by atoms with E-state index in [1.807, 2.05) is 30.7 Å². The molecule has 0 atom stereocenters. The molecular formula is C26H22N2O. The number of hydrogen-bond donors (Lipinski definition) is 0. The summed E-state index contributed by atoms with van der Waals surface area (Å²) in [6.07, 6.45) is 7.24. The van der Waals surface area contributed by atoms with Gasteiger partial charge in [0.05, 0.1) is 12.0 Å². The third-order valence-corrected chi connectivity index (χ3v) is 5.39. The Kier molecular flexibility index (Phi) is 3.99. The van der Waals surface area contributed by atoms with E-state index < -0.39 is 0 Å². The average Bonchev–Trinajstić information content (AvgIpc) is 3.21. The first-order chi connectivity index (χ1) is 14.0. The molecule has 3 heterocycles. The average molecular weight is 378 g/mol. The third kappa shape index (κ3) is 3.09. The van der Waals surface area contributed by atoms with Crippen LogP contribution in [0.4, 0.5) is 0 Å². The van der Waals surface area contributed by atoms with Crippen LogP contribution >= 0.6 is 0 Å². The van der Waals surface area contributed by atoms with Gasteiger partial charge in [-0.2, -0.15) is 0 Å². The molecule has 3 heteroatoms. The Morgan fingerprint density at radius 1 is 0.828 bits per heavy atom. The van der Waals surface area contributed by atoms with E-state index in [0.29, 0.717) is 0 Å². The molecule has 0 spiro atoms. The smallest absolute Gasteiger partial charge is 0.144 e. The lowest BCUT2D eigenvalue weighted by Gasteiger charge is -2.22. The van der Waals surface area contributed by atoms with Crippen molar-refractivity contribution in [1.82, 2.24) is 9.97 Å². The second kappa shape index (κ2) is 6.56. The number of nitrogens with zero attached hydrogens (tertiary/aromatic N) is 2. The van der Waals surface area contributed by atoms with Gasteiger partial charge in [0.1, 0.15) is 5.58 Å². The molecule has 0 radical (unpaired) electrons. The van der Waals surface area contributed by atoms with E-state index in [1.165, 1.54) is 16.3 Å². The van der Waals surface area contributed by atoms with Crippen molar-refractivity contribution in [2.45, 2.75) is 26.2 Å². The van der Waals surface area contributed by atoms with Gasteiger partial charge in [-0.25, -0.2) is 0 Å². The Morgan fingerprint density at radius 3 is 2.55 bits per heavy atom. The molecule has 3 nitrogen and oxygen atoms in total. The summed E-state index contributed by atoms with van der Waals surface area (Å²) in [6, 6.07) is 19.1. The van der Waals surface area contributed by atoms with Crippen LogP contribution in [0.2, 0.25) is 0 Å². The van der Waals surface area contributed by atoms with Crippen molar-refractivity contribution in [2.75, 3.05) is 0 Å². The SMILES string of the molecule is CC(C)(C)c1cc(-c2cc(-c3cncc4ccoc34)ccn2)cc2ccccc12. The fraction of sp³-hybridized carbons (Fsp3) is 0.154. The number of fused-ring (bicyclic) bond motifs is 2. The van der Waals surface area contributed by atoms with Gasteiger partial charge < -0.3 is 4.42 Å². The monoisotopic (exact) mass is 378 g/mol. The zero-order chi connectivity index (χ0) is 20.0.